The molecule has 0 radical (unpaired) electrons. The van der Waals surface area contributed by atoms with Gasteiger partial charge in [-0.2, -0.15) is 5.10 Å². The van der Waals surface area contributed by atoms with Gasteiger partial charge in [-0.3, -0.25) is 9.48 Å². The van der Waals surface area contributed by atoms with E-state index in [0.717, 1.165) is 0 Å². The van der Waals surface area contributed by atoms with E-state index < -0.39 is 5.97 Å². The van der Waals surface area contributed by atoms with Crippen molar-refractivity contribution in [3.05, 3.63) is 12.4 Å². The topological polar surface area (TPSA) is 105 Å². The number of nitrogens with zero attached hydrogens (tertiary/aromatic N) is 2. The number of rotatable bonds is 7. The summed E-state index contributed by atoms with van der Waals surface area (Å²) < 4.78 is 6.14. The fourth-order valence-electron chi connectivity index (χ4n) is 1.41. The fraction of sp³-hybridized carbons (Fsp3) is 0.545. The van der Waals surface area contributed by atoms with Crippen molar-refractivity contribution in [3.8, 4) is 0 Å². The van der Waals surface area contributed by atoms with Gasteiger partial charge < -0.3 is 20.5 Å². The first-order valence-electron chi connectivity index (χ1n) is 5.82. The third-order valence-corrected chi connectivity index (χ3v) is 2.32. The molecule has 0 saturated carbocycles. The maximum Gasteiger partial charge on any atom is 0.325 e. The lowest BCUT2D eigenvalue weighted by Crippen LogP contribution is -2.36. The van der Waals surface area contributed by atoms with Gasteiger partial charge in [-0.1, -0.05) is 0 Å². The van der Waals surface area contributed by atoms with Crippen LogP contribution in [0.2, 0.25) is 0 Å². The summed E-state index contributed by atoms with van der Waals surface area (Å²) in [5.74, 6) is -0.993. The molecule has 0 aromatic carbocycles. The number of aromatic nitrogens is 2. The van der Waals surface area contributed by atoms with Gasteiger partial charge >= 0.3 is 12.0 Å². The summed E-state index contributed by atoms with van der Waals surface area (Å²) in [6.45, 7) is 2.19. The monoisotopic (exact) mass is 270 g/mol. The summed E-state index contributed by atoms with van der Waals surface area (Å²) in [5.41, 5.74) is 0.442. The van der Waals surface area contributed by atoms with Crippen LogP contribution in [-0.2, 0) is 16.1 Å². The maximum atomic E-state index is 11.6. The molecule has 1 rings (SSSR count). The van der Waals surface area contributed by atoms with E-state index in [0.29, 0.717) is 18.7 Å². The maximum absolute atomic E-state index is 11.6. The smallest absolute Gasteiger partial charge is 0.325 e. The van der Waals surface area contributed by atoms with E-state index in [4.69, 9.17) is 9.84 Å². The molecule has 1 unspecified atom stereocenters. The fourth-order valence-corrected chi connectivity index (χ4v) is 1.41. The Balaban J connectivity index is 2.39. The Hall–Kier alpha value is -2.09. The van der Waals surface area contributed by atoms with Gasteiger partial charge in [0.2, 0.25) is 0 Å². The number of amides is 2. The molecule has 1 aromatic heterocycles. The van der Waals surface area contributed by atoms with Crippen LogP contribution in [0, 0.1) is 0 Å². The number of urea groups is 1. The van der Waals surface area contributed by atoms with Crippen molar-refractivity contribution in [2.45, 2.75) is 25.9 Å². The molecule has 19 heavy (non-hydrogen) atoms. The molecule has 0 aliphatic heterocycles. The number of carbonyl (C=O) groups excluding carboxylic acids is 1. The highest BCUT2D eigenvalue weighted by atomic mass is 16.5. The Bertz CT molecular complexity index is 432. The Morgan fingerprint density at radius 3 is 2.95 bits per heavy atom. The van der Waals surface area contributed by atoms with Crippen LogP contribution < -0.4 is 10.6 Å². The molecular weight excluding hydrogens is 252 g/mol. The summed E-state index contributed by atoms with van der Waals surface area (Å²) in [5, 5.41) is 17.7. The van der Waals surface area contributed by atoms with Crippen molar-refractivity contribution in [3.63, 3.8) is 0 Å². The molecule has 0 spiro atoms. The first-order valence-corrected chi connectivity index (χ1v) is 5.82. The van der Waals surface area contributed by atoms with E-state index in [1.807, 2.05) is 6.92 Å². The lowest BCUT2D eigenvalue weighted by Gasteiger charge is -2.13. The summed E-state index contributed by atoms with van der Waals surface area (Å²) >= 11 is 0. The van der Waals surface area contributed by atoms with Gasteiger partial charge in [0.15, 0.2) is 0 Å². The number of hydrogen-bond donors (Lipinski definition) is 3. The van der Waals surface area contributed by atoms with Crippen LogP contribution in [0.15, 0.2) is 12.4 Å². The zero-order valence-corrected chi connectivity index (χ0v) is 10.9. The SMILES string of the molecule is COCCC(C)NC(=O)Nc1cnn(CC(=O)O)c1. The Labute approximate surface area is 110 Å². The lowest BCUT2D eigenvalue weighted by atomic mass is 10.2. The second-order valence-corrected chi connectivity index (χ2v) is 4.10. The number of carboxylic acids is 1. The Kier molecular flexibility index (Phi) is 5.80. The molecule has 0 aliphatic carbocycles. The summed E-state index contributed by atoms with van der Waals surface area (Å²) in [6, 6.07) is -0.382. The lowest BCUT2D eigenvalue weighted by molar-refractivity contribution is -0.137. The van der Waals surface area contributed by atoms with E-state index in [2.05, 4.69) is 15.7 Å². The number of carboxylic acid groups (broad SMARTS) is 1. The molecule has 3 N–H and O–H groups in total. The minimum atomic E-state index is -0.993. The second-order valence-electron chi connectivity index (χ2n) is 4.10. The Morgan fingerprint density at radius 2 is 2.32 bits per heavy atom. The van der Waals surface area contributed by atoms with Crippen molar-refractivity contribution in [1.29, 1.82) is 0 Å². The van der Waals surface area contributed by atoms with E-state index in [1.165, 1.54) is 17.1 Å². The number of hydrogen-bond acceptors (Lipinski definition) is 4. The average molecular weight is 270 g/mol. The van der Waals surface area contributed by atoms with Crippen LogP contribution in [0.25, 0.3) is 0 Å². The van der Waals surface area contributed by atoms with Crippen molar-refractivity contribution in [1.82, 2.24) is 15.1 Å². The van der Waals surface area contributed by atoms with Gasteiger partial charge in [0, 0.05) is 26.0 Å². The van der Waals surface area contributed by atoms with Crippen molar-refractivity contribution in [2.24, 2.45) is 0 Å². The third kappa shape index (κ3) is 5.87. The van der Waals surface area contributed by atoms with Gasteiger partial charge in [0.1, 0.15) is 6.54 Å². The van der Waals surface area contributed by atoms with E-state index >= 15 is 0 Å². The molecule has 1 atom stereocenters. The predicted octanol–water partition coefficient (Wildman–Crippen LogP) is 0.514. The highest BCUT2D eigenvalue weighted by Gasteiger charge is 2.09. The predicted molar refractivity (Wildman–Crippen MR) is 68.0 cm³/mol. The highest BCUT2D eigenvalue weighted by molar-refractivity contribution is 5.89. The normalized spacial score (nSPS) is 11.9. The first kappa shape index (κ1) is 15.0. The van der Waals surface area contributed by atoms with Crippen molar-refractivity contribution >= 4 is 17.7 Å². The van der Waals surface area contributed by atoms with Crippen molar-refractivity contribution < 1.29 is 19.4 Å². The van der Waals surface area contributed by atoms with E-state index in [1.54, 1.807) is 7.11 Å². The van der Waals surface area contributed by atoms with Gasteiger partial charge in [-0.05, 0) is 13.3 Å². The third-order valence-electron chi connectivity index (χ3n) is 2.32. The van der Waals surface area contributed by atoms with Gasteiger partial charge in [-0.25, -0.2) is 4.79 Å². The average Bonchev–Trinajstić information content (AvgIpc) is 2.72. The number of aliphatic carboxylic acids is 1. The van der Waals surface area contributed by atoms with Gasteiger partial charge in [0.05, 0.1) is 11.9 Å². The van der Waals surface area contributed by atoms with Gasteiger partial charge in [-0.15, -0.1) is 0 Å². The number of ether oxygens (including phenoxy) is 1. The number of nitrogens with one attached hydrogen (secondary N) is 2. The Morgan fingerprint density at radius 1 is 1.58 bits per heavy atom. The second kappa shape index (κ2) is 7.37. The summed E-state index contributed by atoms with van der Waals surface area (Å²) in [6.07, 6.45) is 3.55. The first-order chi connectivity index (χ1) is 9.01. The molecule has 0 aliphatic rings. The molecule has 0 saturated heterocycles. The van der Waals surface area contributed by atoms with Crippen LogP contribution in [0.5, 0.6) is 0 Å². The summed E-state index contributed by atoms with van der Waals surface area (Å²) in [7, 11) is 1.60. The highest BCUT2D eigenvalue weighted by Crippen LogP contribution is 2.04. The minimum absolute atomic E-state index is 0.0194. The standard InChI is InChI=1S/C11H18N4O4/c1-8(3-4-19-2)13-11(18)14-9-5-12-15(6-9)7-10(16)17/h5-6,8H,3-4,7H2,1-2H3,(H,16,17)(H2,13,14,18). The molecule has 1 aromatic rings. The molecule has 2 amide bonds. The molecule has 0 bridgehead atoms. The summed E-state index contributed by atoms with van der Waals surface area (Å²) in [4.78, 5) is 22.1. The molecule has 106 valence electrons. The quantitative estimate of drug-likeness (QED) is 0.669. The molecule has 1 heterocycles. The molecule has 0 fully saturated rings. The zero-order valence-electron chi connectivity index (χ0n) is 10.9. The number of methoxy groups -OCH3 is 1. The van der Waals surface area contributed by atoms with Crippen LogP contribution in [0.4, 0.5) is 10.5 Å². The largest absolute Gasteiger partial charge is 0.480 e. The number of anilines is 1. The number of carbonyl (C=O) groups is 2. The zero-order chi connectivity index (χ0) is 14.3. The van der Waals surface area contributed by atoms with Gasteiger partial charge in [0.25, 0.3) is 0 Å². The van der Waals surface area contributed by atoms with Crippen molar-refractivity contribution in [2.75, 3.05) is 19.0 Å². The molecule has 8 nitrogen and oxygen atoms in total. The van der Waals surface area contributed by atoms with Crippen LogP contribution in [0.3, 0.4) is 0 Å². The molecular formula is C11H18N4O4. The van der Waals surface area contributed by atoms with Crippen LogP contribution in [0.1, 0.15) is 13.3 Å². The van der Waals surface area contributed by atoms with E-state index in [-0.39, 0.29) is 18.6 Å². The van der Waals surface area contributed by atoms with Crippen LogP contribution in [-0.4, -0.2) is 46.6 Å². The van der Waals surface area contributed by atoms with Crippen LogP contribution >= 0.6 is 0 Å². The minimum Gasteiger partial charge on any atom is -0.480 e. The van der Waals surface area contributed by atoms with E-state index in [9.17, 15) is 9.59 Å². The molecule has 8 heteroatoms.